The third-order valence-corrected chi connectivity index (χ3v) is 4.07. The van der Waals surface area contributed by atoms with Crippen LogP contribution in [0.5, 0.6) is 5.75 Å². The molecular formula is C14H22BrN3O. The molecule has 0 spiro atoms. The Bertz CT molecular complexity index is 385. The molecule has 0 amide bonds. The topological polar surface area (TPSA) is 41.7 Å². The van der Waals surface area contributed by atoms with E-state index in [9.17, 15) is 0 Å². The Labute approximate surface area is 123 Å². The van der Waals surface area contributed by atoms with Gasteiger partial charge in [-0.2, -0.15) is 0 Å². The van der Waals surface area contributed by atoms with Gasteiger partial charge in [-0.05, 0) is 31.3 Å². The Morgan fingerprint density at radius 2 is 2.05 bits per heavy atom. The highest BCUT2D eigenvalue weighted by Crippen LogP contribution is 2.16. The summed E-state index contributed by atoms with van der Waals surface area (Å²) in [6, 6.07) is 8.40. The predicted molar refractivity (Wildman–Crippen MR) is 81.5 cm³/mol. The fourth-order valence-electron chi connectivity index (χ4n) is 2.38. The van der Waals surface area contributed by atoms with Gasteiger partial charge in [-0.15, -0.1) is 0 Å². The van der Waals surface area contributed by atoms with Crippen LogP contribution in [0.1, 0.15) is 0 Å². The van der Waals surface area contributed by atoms with Crippen LogP contribution in [0.2, 0.25) is 0 Å². The van der Waals surface area contributed by atoms with Crippen LogP contribution in [-0.4, -0.2) is 62.2 Å². The Hall–Kier alpha value is -0.620. The summed E-state index contributed by atoms with van der Waals surface area (Å²) in [6.45, 7) is 5.59. The second-order valence-corrected chi connectivity index (χ2v) is 5.91. The molecule has 1 aliphatic heterocycles. The molecule has 1 fully saturated rings. The first-order valence-corrected chi connectivity index (χ1v) is 7.49. The summed E-state index contributed by atoms with van der Waals surface area (Å²) in [5, 5.41) is 0. The van der Waals surface area contributed by atoms with E-state index >= 15 is 0 Å². The zero-order valence-corrected chi connectivity index (χ0v) is 13.0. The van der Waals surface area contributed by atoms with E-state index in [0.717, 1.165) is 36.4 Å². The summed E-state index contributed by atoms with van der Waals surface area (Å²) in [5.74, 6) is 0.918. The van der Waals surface area contributed by atoms with Gasteiger partial charge in [-0.25, -0.2) is 0 Å². The SMILES string of the molecule is CN1CCN(CCOc2ccc(Br)cc2)C(CN)C1. The van der Waals surface area contributed by atoms with Crippen molar-refractivity contribution in [2.75, 3.05) is 46.4 Å². The number of piperazine rings is 1. The first-order valence-electron chi connectivity index (χ1n) is 6.70. The van der Waals surface area contributed by atoms with Gasteiger partial charge in [0.25, 0.3) is 0 Å². The highest BCUT2D eigenvalue weighted by molar-refractivity contribution is 9.10. The molecule has 0 saturated carbocycles. The average Bonchev–Trinajstić information content (AvgIpc) is 2.42. The molecule has 1 heterocycles. The van der Waals surface area contributed by atoms with Crippen molar-refractivity contribution in [1.82, 2.24) is 9.80 Å². The number of nitrogens with zero attached hydrogens (tertiary/aromatic N) is 2. The zero-order valence-electron chi connectivity index (χ0n) is 11.4. The smallest absolute Gasteiger partial charge is 0.119 e. The van der Waals surface area contributed by atoms with E-state index in [-0.39, 0.29) is 0 Å². The van der Waals surface area contributed by atoms with Crippen molar-refractivity contribution in [3.8, 4) is 5.75 Å². The molecular weight excluding hydrogens is 306 g/mol. The molecule has 1 atom stereocenters. The van der Waals surface area contributed by atoms with E-state index < -0.39 is 0 Å². The molecule has 106 valence electrons. The monoisotopic (exact) mass is 327 g/mol. The second-order valence-electron chi connectivity index (χ2n) is 4.99. The quantitative estimate of drug-likeness (QED) is 0.887. The van der Waals surface area contributed by atoms with Crippen molar-refractivity contribution in [3.63, 3.8) is 0 Å². The maximum absolute atomic E-state index is 5.84. The fourth-order valence-corrected chi connectivity index (χ4v) is 2.64. The lowest BCUT2D eigenvalue weighted by Gasteiger charge is -2.39. The molecule has 19 heavy (non-hydrogen) atoms. The molecule has 0 aliphatic carbocycles. The first-order chi connectivity index (χ1) is 9.19. The number of benzene rings is 1. The van der Waals surface area contributed by atoms with Gasteiger partial charge in [0.05, 0.1) is 0 Å². The Morgan fingerprint density at radius 3 is 2.74 bits per heavy atom. The summed E-state index contributed by atoms with van der Waals surface area (Å²) in [5.41, 5.74) is 5.84. The van der Waals surface area contributed by atoms with Crippen molar-refractivity contribution in [1.29, 1.82) is 0 Å². The fraction of sp³-hybridized carbons (Fsp3) is 0.571. The lowest BCUT2D eigenvalue weighted by Crippen LogP contribution is -2.55. The molecule has 2 rings (SSSR count). The van der Waals surface area contributed by atoms with Gasteiger partial charge in [0.1, 0.15) is 12.4 Å². The standard InChI is InChI=1S/C14H22BrN3O/c1-17-6-7-18(13(10-16)11-17)8-9-19-14-4-2-12(15)3-5-14/h2-5,13H,6-11,16H2,1H3. The van der Waals surface area contributed by atoms with Crippen LogP contribution in [0.4, 0.5) is 0 Å². The molecule has 5 heteroatoms. The van der Waals surface area contributed by atoms with Crippen LogP contribution < -0.4 is 10.5 Å². The molecule has 2 N–H and O–H groups in total. The lowest BCUT2D eigenvalue weighted by molar-refractivity contribution is 0.0807. The highest BCUT2D eigenvalue weighted by atomic mass is 79.9. The van der Waals surface area contributed by atoms with E-state index in [0.29, 0.717) is 19.2 Å². The minimum atomic E-state index is 0.451. The highest BCUT2D eigenvalue weighted by Gasteiger charge is 2.23. The van der Waals surface area contributed by atoms with Gasteiger partial charge in [-0.3, -0.25) is 4.90 Å². The summed E-state index contributed by atoms with van der Waals surface area (Å²) < 4.78 is 6.84. The lowest BCUT2D eigenvalue weighted by atomic mass is 10.2. The molecule has 1 unspecified atom stereocenters. The van der Waals surface area contributed by atoms with Crippen molar-refractivity contribution < 1.29 is 4.74 Å². The van der Waals surface area contributed by atoms with Crippen LogP contribution in [-0.2, 0) is 0 Å². The molecule has 1 aromatic rings. The minimum Gasteiger partial charge on any atom is -0.492 e. The molecule has 1 aliphatic rings. The number of nitrogens with two attached hydrogens (primary N) is 1. The van der Waals surface area contributed by atoms with Gasteiger partial charge in [0.15, 0.2) is 0 Å². The first kappa shape index (κ1) is 14.8. The maximum Gasteiger partial charge on any atom is 0.119 e. The van der Waals surface area contributed by atoms with Crippen LogP contribution >= 0.6 is 15.9 Å². The Kier molecular flexibility index (Phi) is 5.63. The van der Waals surface area contributed by atoms with E-state index in [1.165, 1.54) is 0 Å². The number of rotatable bonds is 5. The predicted octanol–water partition coefficient (Wildman–Crippen LogP) is 1.40. The molecule has 0 aromatic heterocycles. The second kappa shape index (κ2) is 7.24. The number of ether oxygens (including phenoxy) is 1. The van der Waals surface area contributed by atoms with Gasteiger partial charge < -0.3 is 15.4 Å². The number of hydrogen-bond acceptors (Lipinski definition) is 4. The third kappa shape index (κ3) is 4.45. The molecule has 1 aromatic carbocycles. The summed E-state index contributed by atoms with van der Waals surface area (Å²) in [7, 11) is 2.15. The van der Waals surface area contributed by atoms with Crippen LogP contribution in [0, 0.1) is 0 Å². The van der Waals surface area contributed by atoms with Crippen LogP contribution in [0.25, 0.3) is 0 Å². The summed E-state index contributed by atoms with van der Waals surface area (Å²) >= 11 is 3.42. The third-order valence-electron chi connectivity index (χ3n) is 3.54. The van der Waals surface area contributed by atoms with Gasteiger partial charge in [0.2, 0.25) is 0 Å². The average molecular weight is 328 g/mol. The number of likely N-dealkylation sites (N-methyl/N-ethyl adjacent to an activating group) is 1. The van der Waals surface area contributed by atoms with Crippen molar-refractivity contribution in [3.05, 3.63) is 28.7 Å². The molecule has 0 radical (unpaired) electrons. The molecule has 1 saturated heterocycles. The summed E-state index contributed by atoms with van der Waals surface area (Å²) in [4.78, 5) is 4.77. The Balaban J connectivity index is 1.77. The van der Waals surface area contributed by atoms with Crippen LogP contribution in [0.3, 0.4) is 0 Å². The minimum absolute atomic E-state index is 0.451. The van der Waals surface area contributed by atoms with E-state index in [1.807, 2.05) is 24.3 Å². The zero-order chi connectivity index (χ0) is 13.7. The van der Waals surface area contributed by atoms with Crippen LogP contribution in [0.15, 0.2) is 28.7 Å². The largest absolute Gasteiger partial charge is 0.492 e. The van der Waals surface area contributed by atoms with E-state index in [4.69, 9.17) is 10.5 Å². The number of hydrogen-bond donors (Lipinski definition) is 1. The Morgan fingerprint density at radius 1 is 1.32 bits per heavy atom. The van der Waals surface area contributed by atoms with Gasteiger partial charge >= 0.3 is 0 Å². The van der Waals surface area contributed by atoms with Crippen molar-refractivity contribution in [2.24, 2.45) is 5.73 Å². The number of halogens is 1. The van der Waals surface area contributed by atoms with Crippen molar-refractivity contribution in [2.45, 2.75) is 6.04 Å². The van der Waals surface area contributed by atoms with Gasteiger partial charge in [0, 0.05) is 43.2 Å². The van der Waals surface area contributed by atoms with Crippen molar-refractivity contribution >= 4 is 15.9 Å². The summed E-state index contributed by atoms with van der Waals surface area (Å²) in [6.07, 6.45) is 0. The van der Waals surface area contributed by atoms with E-state index in [1.54, 1.807) is 0 Å². The van der Waals surface area contributed by atoms with E-state index in [2.05, 4.69) is 32.8 Å². The molecule has 4 nitrogen and oxygen atoms in total. The van der Waals surface area contributed by atoms with Gasteiger partial charge in [-0.1, -0.05) is 15.9 Å². The molecule has 0 bridgehead atoms. The maximum atomic E-state index is 5.84. The normalized spacial score (nSPS) is 21.5.